The molecule has 1 amide bonds. The zero-order valence-corrected chi connectivity index (χ0v) is 15.7. The second-order valence-corrected chi connectivity index (χ2v) is 6.82. The molecule has 0 N–H and O–H groups in total. The van der Waals surface area contributed by atoms with Gasteiger partial charge >= 0.3 is 0 Å². The lowest BCUT2D eigenvalue weighted by atomic mass is 10.1. The molecule has 0 bridgehead atoms. The molecule has 3 rings (SSSR count). The Balaban J connectivity index is 1.42. The Bertz CT molecular complexity index is 693. The van der Waals surface area contributed by atoms with Gasteiger partial charge in [-0.25, -0.2) is 0 Å². The quantitative estimate of drug-likeness (QED) is 0.763. The average molecular weight is 356 g/mol. The number of carbonyl (C=O) groups is 1. The molecule has 0 aliphatic carbocycles. The molecular weight excluding hydrogens is 328 g/mol. The SMILES string of the molecule is CCc1nnc(C(C)N2CCN(C(=O)CCCc3ccccc3)CC2)o1. The van der Waals surface area contributed by atoms with E-state index >= 15 is 0 Å². The second kappa shape index (κ2) is 8.94. The van der Waals surface area contributed by atoms with E-state index in [0.29, 0.717) is 18.2 Å². The molecule has 1 aliphatic rings. The summed E-state index contributed by atoms with van der Waals surface area (Å²) in [5.74, 6) is 1.61. The number of piperazine rings is 1. The van der Waals surface area contributed by atoms with Crippen molar-refractivity contribution in [2.45, 2.75) is 45.6 Å². The highest BCUT2D eigenvalue weighted by Gasteiger charge is 2.27. The lowest BCUT2D eigenvalue weighted by Crippen LogP contribution is -2.49. The molecule has 1 unspecified atom stereocenters. The number of carbonyl (C=O) groups excluding carboxylic acids is 1. The van der Waals surface area contributed by atoms with Gasteiger partial charge in [0, 0.05) is 39.0 Å². The first-order valence-corrected chi connectivity index (χ1v) is 9.55. The lowest BCUT2D eigenvalue weighted by Gasteiger charge is -2.37. The molecule has 6 nitrogen and oxygen atoms in total. The Morgan fingerprint density at radius 1 is 1.15 bits per heavy atom. The van der Waals surface area contributed by atoms with Crippen molar-refractivity contribution < 1.29 is 9.21 Å². The monoisotopic (exact) mass is 356 g/mol. The normalized spacial score (nSPS) is 16.6. The Hall–Kier alpha value is -2.21. The summed E-state index contributed by atoms with van der Waals surface area (Å²) in [5.41, 5.74) is 1.30. The van der Waals surface area contributed by atoms with Crippen LogP contribution in [0, 0.1) is 0 Å². The van der Waals surface area contributed by atoms with Crippen molar-refractivity contribution in [1.82, 2.24) is 20.0 Å². The fourth-order valence-electron chi connectivity index (χ4n) is 3.34. The summed E-state index contributed by atoms with van der Waals surface area (Å²) < 4.78 is 5.67. The third-order valence-corrected chi connectivity index (χ3v) is 5.06. The van der Waals surface area contributed by atoms with Gasteiger partial charge in [-0.15, -0.1) is 10.2 Å². The summed E-state index contributed by atoms with van der Waals surface area (Å²) in [4.78, 5) is 16.7. The predicted octanol–water partition coefficient (Wildman–Crippen LogP) is 2.86. The van der Waals surface area contributed by atoms with E-state index in [0.717, 1.165) is 45.4 Å². The van der Waals surface area contributed by atoms with Crippen molar-refractivity contribution in [3.05, 3.63) is 47.7 Å². The van der Waals surface area contributed by atoms with Crippen LogP contribution in [0.4, 0.5) is 0 Å². The maximum Gasteiger partial charge on any atom is 0.233 e. The van der Waals surface area contributed by atoms with E-state index in [1.165, 1.54) is 5.56 Å². The van der Waals surface area contributed by atoms with E-state index in [1.807, 2.05) is 30.0 Å². The molecule has 1 saturated heterocycles. The second-order valence-electron chi connectivity index (χ2n) is 6.82. The zero-order chi connectivity index (χ0) is 18.4. The Labute approximate surface area is 155 Å². The van der Waals surface area contributed by atoms with E-state index < -0.39 is 0 Å². The fraction of sp³-hybridized carbons (Fsp3) is 0.550. The van der Waals surface area contributed by atoms with Crippen LogP contribution in [0.3, 0.4) is 0 Å². The maximum absolute atomic E-state index is 12.4. The average Bonchev–Trinajstić information content (AvgIpc) is 3.17. The Kier molecular flexibility index (Phi) is 6.39. The molecule has 1 aromatic carbocycles. The number of hydrogen-bond acceptors (Lipinski definition) is 5. The van der Waals surface area contributed by atoms with Crippen LogP contribution in [-0.2, 0) is 17.6 Å². The topological polar surface area (TPSA) is 62.5 Å². The molecule has 140 valence electrons. The van der Waals surface area contributed by atoms with Gasteiger partial charge in [0.15, 0.2) is 0 Å². The molecule has 1 atom stereocenters. The molecule has 0 saturated carbocycles. The molecule has 0 radical (unpaired) electrons. The van der Waals surface area contributed by atoms with Gasteiger partial charge in [0.05, 0.1) is 6.04 Å². The smallest absolute Gasteiger partial charge is 0.233 e. The molecule has 1 aromatic heterocycles. The van der Waals surface area contributed by atoms with Gasteiger partial charge in [-0.2, -0.15) is 0 Å². The van der Waals surface area contributed by atoms with Crippen molar-refractivity contribution in [3.63, 3.8) is 0 Å². The molecule has 2 aromatic rings. The first kappa shape index (κ1) is 18.6. The van der Waals surface area contributed by atoms with Gasteiger partial charge in [0.2, 0.25) is 17.7 Å². The molecule has 1 fully saturated rings. The highest BCUT2D eigenvalue weighted by Crippen LogP contribution is 2.21. The van der Waals surface area contributed by atoms with E-state index in [9.17, 15) is 4.79 Å². The predicted molar refractivity (Wildman–Crippen MR) is 99.6 cm³/mol. The number of nitrogens with zero attached hydrogens (tertiary/aromatic N) is 4. The van der Waals surface area contributed by atoms with Crippen LogP contribution in [0.15, 0.2) is 34.7 Å². The summed E-state index contributed by atoms with van der Waals surface area (Å²) in [7, 11) is 0. The standard InChI is InChI=1S/C20H28N4O2/c1-3-18-21-22-20(26-18)16(2)23-12-14-24(15-13-23)19(25)11-7-10-17-8-5-4-6-9-17/h4-6,8-9,16H,3,7,10-15H2,1-2H3. The van der Waals surface area contributed by atoms with E-state index in [-0.39, 0.29) is 11.9 Å². The van der Waals surface area contributed by atoms with Crippen molar-refractivity contribution in [2.75, 3.05) is 26.2 Å². The summed E-state index contributed by atoms with van der Waals surface area (Å²) >= 11 is 0. The Morgan fingerprint density at radius 3 is 2.54 bits per heavy atom. The molecule has 1 aliphatic heterocycles. The number of rotatable bonds is 7. The lowest BCUT2D eigenvalue weighted by molar-refractivity contribution is -0.133. The van der Waals surface area contributed by atoms with E-state index in [4.69, 9.17) is 4.42 Å². The summed E-state index contributed by atoms with van der Waals surface area (Å²) in [6, 6.07) is 10.4. The fourth-order valence-corrected chi connectivity index (χ4v) is 3.34. The highest BCUT2D eigenvalue weighted by molar-refractivity contribution is 5.76. The summed E-state index contributed by atoms with van der Waals surface area (Å²) in [5, 5.41) is 8.19. The number of benzene rings is 1. The van der Waals surface area contributed by atoms with Gasteiger partial charge in [0.25, 0.3) is 0 Å². The molecule has 2 heterocycles. The first-order valence-electron chi connectivity index (χ1n) is 9.55. The van der Waals surface area contributed by atoms with Gasteiger partial charge in [-0.1, -0.05) is 37.3 Å². The van der Waals surface area contributed by atoms with Crippen LogP contribution in [-0.4, -0.2) is 52.1 Å². The zero-order valence-electron chi connectivity index (χ0n) is 15.7. The number of aromatic nitrogens is 2. The molecule has 0 spiro atoms. The molecular formula is C20H28N4O2. The highest BCUT2D eigenvalue weighted by atomic mass is 16.4. The minimum Gasteiger partial charge on any atom is -0.424 e. The van der Waals surface area contributed by atoms with Crippen molar-refractivity contribution in [2.24, 2.45) is 0 Å². The van der Waals surface area contributed by atoms with E-state index in [1.54, 1.807) is 0 Å². The first-order chi connectivity index (χ1) is 12.7. The van der Waals surface area contributed by atoms with Crippen molar-refractivity contribution in [3.8, 4) is 0 Å². The largest absolute Gasteiger partial charge is 0.424 e. The van der Waals surface area contributed by atoms with Crippen molar-refractivity contribution >= 4 is 5.91 Å². The minimum absolute atomic E-state index is 0.0955. The third kappa shape index (κ3) is 4.69. The third-order valence-electron chi connectivity index (χ3n) is 5.06. The summed E-state index contributed by atoms with van der Waals surface area (Å²) in [6.45, 7) is 7.31. The van der Waals surface area contributed by atoms with Crippen LogP contribution in [0.1, 0.15) is 50.1 Å². The van der Waals surface area contributed by atoms with Gasteiger partial charge in [-0.05, 0) is 25.3 Å². The molecule has 6 heteroatoms. The molecule has 26 heavy (non-hydrogen) atoms. The van der Waals surface area contributed by atoms with Crippen LogP contribution < -0.4 is 0 Å². The van der Waals surface area contributed by atoms with Gasteiger partial charge in [-0.3, -0.25) is 9.69 Å². The van der Waals surface area contributed by atoms with Crippen LogP contribution in [0.2, 0.25) is 0 Å². The number of hydrogen-bond donors (Lipinski definition) is 0. The van der Waals surface area contributed by atoms with Crippen LogP contribution in [0.25, 0.3) is 0 Å². The van der Waals surface area contributed by atoms with Crippen LogP contribution >= 0.6 is 0 Å². The number of aryl methyl sites for hydroxylation is 2. The maximum atomic E-state index is 12.4. The van der Waals surface area contributed by atoms with Crippen LogP contribution in [0.5, 0.6) is 0 Å². The minimum atomic E-state index is 0.0955. The number of amides is 1. The van der Waals surface area contributed by atoms with Gasteiger partial charge < -0.3 is 9.32 Å². The van der Waals surface area contributed by atoms with Crippen molar-refractivity contribution in [1.29, 1.82) is 0 Å². The summed E-state index contributed by atoms with van der Waals surface area (Å²) in [6.07, 6.45) is 3.24. The van der Waals surface area contributed by atoms with E-state index in [2.05, 4.69) is 34.2 Å². The Morgan fingerprint density at radius 2 is 1.88 bits per heavy atom. The van der Waals surface area contributed by atoms with Gasteiger partial charge in [0.1, 0.15) is 0 Å².